The fourth-order valence-corrected chi connectivity index (χ4v) is 2.08. The van der Waals surface area contributed by atoms with Crippen LogP contribution in [0.2, 0.25) is 0 Å². The van der Waals surface area contributed by atoms with Crippen molar-refractivity contribution in [2.45, 2.75) is 33.7 Å². The van der Waals surface area contributed by atoms with Crippen LogP contribution in [0.4, 0.5) is 0 Å². The second-order valence-corrected chi connectivity index (χ2v) is 4.25. The monoisotopic (exact) mass is 217 g/mol. The second kappa shape index (κ2) is 4.26. The zero-order chi connectivity index (χ0) is 11.7. The SMILES string of the molecule is CCc1nc2cc(C)c(C)cc2n1CCN. The van der Waals surface area contributed by atoms with Crippen molar-refractivity contribution in [3.63, 3.8) is 0 Å². The van der Waals surface area contributed by atoms with Crippen LogP contribution in [0, 0.1) is 13.8 Å². The number of rotatable bonds is 3. The molecule has 1 aromatic carbocycles. The molecule has 0 fully saturated rings. The topological polar surface area (TPSA) is 43.8 Å². The van der Waals surface area contributed by atoms with Gasteiger partial charge in [0.25, 0.3) is 0 Å². The maximum atomic E-state index is 5.65. The zero-order valence-electron chi connectivity index (χ0n) is 10.2. The second-order valence-electron chi connectivity index (χ2n) is 4.25. The molecule has 0 aliphatic rings. The average molecular weight is 217 g/mol. The van der Waals surface area contributed by atoms with Crippen LogP contribution in [0.3, 0.4) is 0 Å². The van der Waals surface area contributed by atoms with Crippen molar-refractivity contribution in [3.05, 3.63) is 29.1 Å². The highest BCUT2D eigenvalue weighted by Crippen LogP contribution is 2.20. The molecule has 0 saturated carbocycles. The largest absolute Gasteiger partial charge is 0.329 e. The van der Waals surface area contributed by atoms with Crippen LogP contribution < -0.4 is 5.73 Å². The van der Waals surface area contributed by atoms with Crippen molar-refractivity contribution in [1.29, 1.82) is 0 Å². The molecule has 0 saturated heterocycles. The molecule has 2 rings (SSSR count). The first-order chi connectivity index (χ1) is 7.67. The molecule has 86 valence electrons. The molecule has 0 atom stereocenters. The molecule has 0 spiro atoms. The van der Waals surface area contributed by atoms with E-state index in [1.807, 2.05) is 0 Å². The first kappa shape index (κ1) is 11.1. The Morgan fingerprint density at radius 1 is 1.25 bits per heavy atom. The van der Waals surface area contributed by atoms with Gasteiger partial charge in [-0.3, -0.25) is 0 Å². The normalized spacial score (nSPS) is 11.2. The van der Waals surface area contributed by atoms with Gasteiger partial charge in [0.1, 0.15) is 5.82 Å². The standard InChI is InChI=1S/C13H19N3/c1-4-13-15-11-7-9(2)10(3)8-12(11)16(13)6-5-14/h7-8H,4-6,14H2,1-3H3. The van der Waals surface area contributed by atoms with Crippen LogP contribution in [0.1, 0.15) is 23.9 Å². The minimum absolute atomic E-state index is 0.658. The summed E-state index contributed by atoms with van der Waals surface area (Å²) in [4.78, 5) is 4.66. The number of hydrogen-bond donors (Lipinski definition) is 1. The molecule has 2 N–H and O–H groups in total. The van der Waals surface area contributed by atoms with E-state index < -0.39 is 0 Å². The number of aryl methyl sites for hydroxylation is 3. The maximum absolute atomic E-state index is 5.65. The third kappa shape index (κ3) is 1.71. The van der Waals surface area contributed by atoms with Crippen LogP contribution in [-0.2, 0) is 13.0 Å². The summed E-state index contributed by atoms with van der Waals surface area (Å²) in [5.41, 5.74) is 10.6. The van der Waals surface area contributed by atoms with Crippen molar-refractivity contribution < 1.29 is 0 Å². The van der Waals surface area contributed by atoms with Crippen molar-refractivity contribution in [1.82, 2.24) is 9.55 Å². The van der Waals surface area contributed by atoms with Gasteiger partial charge in [-0.2, -0.15) is 0 Å². The van der Waals surface area contributed by atoms with Crippen molar-refractivity contribution in [2.24, 2.45) is 5.73 Å². The van der Waals surface area contributed by atoms with Crippen LogP contribution >= 0.6 is 0 Å². The van der Waals surface area contributed by atoms with Gasteiger partial charge in [-0.15, -0.1) is 0 Å². The van der Waals surface area contributed by atoms with E-state index in [2.05, 4.69) is 42.5 Å². The molecular weight excluding hydrogens is 198 g/mol. The Morgan fingerprint density at radius 3 is 2.56 bits per heavy atom. The smallest absolute Gasteiger partial charge is 0.109 e. The van der Waals surface area contributed by atoms with Crippen LogP contribution in [-0.4, -0.2) is 16.1 Å². The Morgan fingerprint density at radius 2 is 1.94 bits per heavy atom. The highest BCUT2D eigenvalue weighted by Gasteiger charge is 2.09. The third-order valence-electron chi connectivity index (χ3n) is 3.11. The Kier molecular flexibility index (Phi) is 2.97. The van der Waals surface area contributed by atoms with Gasteiger partial charge in [-0.25, -0.2) is 4.98 Å². The minimum atomic E-state index is 0.658. The molecule has 1 aromatic heterocycles. The van der Waals surface area contributed by atoms with E-state index in [1.165, 1.54) is 16.6 Å². The number of nitrogens with zero attached hydrogens (tertiary/aromatic N) is 2. The molecule has 3 heteroatoms. The summed E-state index contributed by atoms with van der Waals surface area (Å²) in [6.45, 7) is 7.91. The molecule has 0 aliphatic heterocycles. The molecule has 1 heterocycles. The molecule has 0 unspecified atom stereocenters. The lowest BCUT2D eigenvalue weighted by Crippen LogP contribution is -2.12. The zero-order valence-corrected chi connectivity index (χ0v) is 10.2. The van der Waals surface area contributed by atoms with Gasteiger partial charge >= 0.3 is 0 Å². The average Bonchev–Trinajstić information content (AvgIpc) is 2.58. The van der Waals surface area contributed by atoms with E-state index >= 15 is 0 Å². The predicted octanol–water partition coefficient (Wildman–Crippen LogP) is 2.17. The molecule has 3 nitrogen and oxygen atoms in total. The third-order valence-corrected chi connectivity index (χ3v) is 3.11. The Labute approximate surface area is 96.3 Å². The number of fused-ring (bicyclic) bond motifs is 1. The molecule has 2 aromatic rings. The Bertz CT molecular complexity index is 511. The van der Waals surface area contributed by atoms with Gasteiger partial charge in [-0.1, -0.05) is 6.92 Å². The number of hydrogen-bond acceptors (Lipinski definition) is 2. The van der Waals surface area contributed by atoms with Crippen LogP contribution in [0.15, 0.2) is 12.1 Å². The Hall–Kier alpha value is -1.35. The van der Waals surface area contributed by atoms with E-state index in [-0.39, 0.29) is 0 Å². The quantitative estimate of drug-likeness (QED) is 0.856. The number of imidazole rings is 1. The van der Waals surface area contributed by atoms with Gasteiger partial charge in [0, 0.05) is 19.5 Å². The van der Waals surface area contributed by atoms with E-state index in [0.717, 1.165) is 24.3 Å². The van der Waals surface area contributed by atoms with Gasteiger partial charge in [0.15, 0.2) is 0 Å². The van der Waals surface area contributed by atoms with E-state index in [9.17, 15) is 0 Å². The lowest BCUT2D eigenvalue weighted by molar-refractivity contribution is 0.684. The van der Waals surface area contributed by atoms with Crippen molar-refractivity contribution in [3.8, 4) is 0 Å². The summed E-state index contributed by atoms with van der Waals surface area (Å²) in [6, 6.07) is 4.38. The highest BCUT2D eigenvalue weighted by molar-refractivity contribution is 5.78. The lowest BCUT2D eigenvalue weighted by Gasteiger charge is -2.06. The fraction of sp³-hybridized carbons (Fsp3) is 0.462. The van der Waals surface area contributed by atoms with E-state index in [1.54, 1.807) is 0 Å². The van der Waals surface area contributed by atoms with E-state index in [4.69, 9.17) is 5.73 Å². The van der Waals surface area contributed by atoms with Gasteiger partial charge in [0.2, 0.25) is 0 Å². The molecule has 0 aliphatic carbocycles. The van der Waals surface area contributed by atoms with E-state index in [0.29, 0.717) is 6.54 Å². The maximum Gasteiger partial charge on any atom is 0.109 e. The van der Waals surface area contributed by atoms with Crippen LogP contribution in [0.25, 0.3) is 11.0 Å². The van der Waals surface area contributed by atoms with Crippen molar-refractivity contribution in [2.75, 3.05) is 6.54 Å². The molecule has 16 heavy (non-hydrogen) atoms. The molecule has 0 bridgehead atoms. The minimum Gasteiger partial charge on any atom is -0.329 e. The number of nitrogens with two attached hydrogens (primary N) is 1. The summed E-state index contributed by atoms with van der Waals surface area (Å²) >= 11 is 0. The first-order valence-electron chi connectivity index (χ1n) is 5.83. The van der Waals surface area contributed by atoms with Gasteiger partial charge in [0.05, 0.1) is 11.0 Å². The van der Waals surface area contributed by atoms with Gasteiger partial charge in [-0.05, 0) is 37.1 Å². The number of aromatic nitrogens is 2. The summed E-state index contributed by atoms with van der Waals surface area (Å²) in [5, 5.41) is 0. The summed E-state index contributed by atoms with van der Waals surface area (Å²) in [6.07, 6.45) is 0.951. The van der Waals surface area contributed by atoms with Gasteiger partial charge < -0.3 is 10.3 Å². The number of benzene rings is 1. The molecule has 0 radical (unpaired) electrons. The summed E-state index contributed by atoms with van der Waals surface area (Å²) in [7, 11) is 0. The summed E-state index contributed by atoms with van der Waals surface area (Å²) < 4.78 is 2.24. The van der Waals surface area contributed by atoms with Crippen LogP contribution in [0.5, 0.6) is 0 Å². The lowest BCUT2D eigenvalue weighted by atomic mass is 10.1. The fourth-order valence-electron chi connectivity index (χ4n) is 2.08. The Balaban J connectivity index is 2.69. The molecular formula is C13H19N3. The summed E-state index contributed by atoms with van der Waals surface area (Å²) in [5.74, 6) is 1.13. The first-order valence-corrected chi connectivity index (χ1v) is 5.83. The molecule has 0 amide bonds. The highest BCUT2D eigenvalue weighted by atomic mass is 15.1. The predicted molar refractivity (Wildman–Crippen MR) is 67.6 cm³/mol. The van der Waals surface area contributed by atoms with Crippen molar-refractivity contribution >= 4 is 11.0 Å².